The molecule has 1 aliphatic rings. The van der Waals surface area contributed by atoms with Crippen molar-refractivity contribution >= 4 is 33.9 Å². The minimum atomic E-state index is -0.0298. The van der Waals surface area contributed by atoms with Crippen LogP contribution in [0.5, 0.6) is 0 Å². The predicted octanol–water partition coefficient (Wildman–Crippen LogP) is 5.85. The van der Waals surface area contributed by atoms with E-state index >= 15 is 0 Å². The molecule has 0 unspecified atom stereocenters. The van der Waals surface area contributed by atoms with Gasteiger partial charge in [-0.05, 0) is 78.6 Å². The van der Waals surface area contributed by atoms with Gasteiger partial charge in [-0.2, -0.15) is 0 Å². The summed E-state index contributed by atoms with van der Waals surface area (Å²) in [6.07, 6.45) is 2.79. The van der Waals surface area contributed by atoms with E-state index in [0.29, 0.717) is 29.9 Å². The molecule has 1 saturated carbocycles. The highest BCUT2D eigenvalue weighted by Gasteiger charge is 2.29. The maximum Gasteiger partial charge on any atom is 0.176 e. The number of Topliss-reactive ketones (excluding diaryl/α,β-unsaturated/α-hetero) is 3. The van der Waals surface area contributed by atoms with Crippen molar-refractivity contribution in [3.63, 3.8) is 0 Å². The van der Waals surface area contributed by atoms with Crippen LogP contribution in [0.4, 0.5) is 5.69 Å². The van der Waals surface area contributed by atoms with E-state index in [0.717, 1.165) is 46.2 Å². The number of fused-ring (bicyclic) bond motifs is 1. The predicted molar refractivity (Wildman–Crippen MR) is 144 cm³/mol. The van der Waals surface area contributed by atoms with Crippen molar-refractivity contribution < 1.29 is 14.4 Å². The molecule has 0 bridgehead atoms. The largest absolute Gasteiger partial charge is 0.378 e. The summed E-state index contributed by atoms with van der Waals surface area (Å²) in [5, 5.41) is 0.918. The molecular weight excluding hydrogens is 448 g/mol. The van der Waals surface area contributed by atoms with E-state index in [1.165, 1.54) is 0 Å². The lowest BCUT2D eigenvalue weighted by Gasteiger charge is -2.12. The maximum atomic E-state index is 12.9. The molecule has 1 heterocycles. The zero-order valence-corrected chi connectivity index (χ0v) is 21.0. The minimum absolute atomic E-state index is 0.0298. The molecule has 5 nitrogen and oxygen atoms in total. The van der Waals surface area contributed by atoms with Crippen LogP contribution in [0.25, 0.3) is 16.6 Å². The number of aromatic nitrogens is 1. The van der Waals surface area contributed by atoms with Crippen molar-refractivity contribution in [2.24, 2.45) is 5.92 Å². The molecule has 1 aromatic heterocycles. The first-order valence-corrected chi connectivity index (χ1v) is 12.4. The number of carbonyl (C=O) groups excluding carboxylic acids is 3. The molecule has 0 N–H and O–H groups in total. The van der Waals surface area contributed by atoms with Crippen LogP contribution in [0.3, 0.4) is 0 Å². The van der Waals surface area contributed by atoms with Crippen molar-refractivity contribution in [1.82, 2.24) is 4.57 Å². The number of nitrogens with zero attached hydrogens (tertiary/aromatic N) is 2. The van der Waals surface area contributed by atoms with E-state index in [1.54, 1.807) is 6.92 Å². The van der Waals surface area contributed by atoms with Gasteiger partial charge in [0, 0.05) is 62.1 Å². The van der Waals surface area contributed by atoms with E-state index in [1.807, 2.05) is 96.4 Å². The maximum absolute atomic E-state index is 12.9. The van der Waals surface area contributed by atoms with Gasteiger partial charge in [0.05, 0.1) is 11.2 Å². The first-order valence-electron chi connectivity index (χ1n) is 12.4. The lowest BCUT2D eigenvalue weighted by molar-refractivity contribution is -0.119. The topological polar surface area (TPSA) is 59.4 Å². The molecule has 182 valence electrons. The molecule has 5 rings (SSSR count). The lowest BCUT2D eigenvalue weighted by atomic mass is 10.0. The number of benzene rings is 3. The lowest BCUT2D eigenvalue weighted by Crippen LogP contribution is -2.09. The first-order chi connectivity index (χ1) is 17.3. The van der Waals surface area contributed by atoms with Crippen molar-refractivity contribution in [1.29, 1.82) is 0 Å². The summed E-state index contributed by atoms with van der Waals surface area (Å²) in [5.74, 6) is 0.593. The number of anilines is 1. The van der Waals surface area contributed by atoms with E-state index < -0.39 is 0 Å². The molecule has 0 radical (unpaired) electrons. The third-order valence-corrected chi connectivity index (χ3v) is 6.90. The summed E-state index contributed by atoms with van der Waals surface area (Å²) in [7, 11) is 3.94. The van der Waals surface area contributed by atoms with E-state index in [2.05, 4.69) is 0 Å². The molecule has 0 saturated heterocycles. The standard InChI is InChI=1S/C31H30N2O3/c1-20(34)29-19-25-16-22(18-31(36)24-9-13-26(14-10-24)32(2)3)6-15-28(25)33(29)27-11-4-21(5-12-27)17-30(35)23-7-8-23/h4-6,9-16,19,23H,7-8,17-18H2,1-3H3. The van der Waals surface area contributed by atoms with Crippen LogP contribution in [0.1, 0.15) is 51.7 Å². The Labute approximate surface area is 211 Å². The average Bonchev–Trinajstić information content (AvgIpc) is 3.65. The van der Waals surface area contributed by atoms with Crippen LogP contribution in [-0.4, -0.2) is 36.0 Å². The fourth-order valence-corrected chi connectivity index (χ4v) is 4.66. The molecule has 0 aliphatic heterocycles. The Kier molecular flexibility index (Phi) is 6.31. The second-order valence-electron chi connectivity index (χ2n) is 9.94. The number of rotatable bonds is 9. The Morgan fingerprint density at radius 3 is 2.11 bits per heavy atom. The van der Waals surface area contributed by atoms with Gasteiger partial charge < -0.3 is 9.47 Å². The molecule has 0 atom stereocenters. The molecule has 36 heavy (non-hydrogen) atoms. The zero-order chi connectivity index (χ0) is 25.4. The van der Waals surface area contributed by atoms with Gasteiger partial charge in [0.2, 0.25) is 0 Å². The fraction of sp³-hybridized carbons (Fsp3) is 0.258. The Morgan fingerprint density at radius 1 is 0.833 bits per heavy atom. The Balaban J connectivity index is 1.41. The number of ketones is 3. The van der Waals surface area contributed by atoms with E-state index in [4.69, 9.17) is 0 Å². The van der Waals surface area contributed by atoms with Gasteiger partial charge >= 0.3 is 0 Å². The smallest absolute Gasteiger partial charge is 0.176 e. The van der Waals surface area contributed by atoms with Crippen LogP contribution in [-0.2, 0) is 17.6 Å². The first kappa shape index (κ1) is 23.7. The summed E-state index contributed by atoms with van der Waals surface area (Å²) in [4.78, 5) is 39.6. The summed E-state index contributed by atoms with van der Waals surface area (Å²) in [6, 6.07) is 23.3. The summed E-state index contributed by atoms with van der Waals surface area (Å²) in [5.41, 5.74) is 6.02. The SMILES string of the molecule is CC(=O)c1cc2cc(CC(=O)c3ccc(N(C)C)cc3)ccc2n1-c1ccc(CC(=O)C2CC2)cc1. The molecule has 1 aliphatic carbocycles. The van der Waals surface area contributed by atoms with Crippen LogP contribution in [0.2, 0.25) is 0 Å². The van der Waals surface area contributed by atoms with Crippen molar-refractivity contribution in [3.8, 4) is 5.69 Å². The molecule has 0 spiro atoms. The molecular formula is C31H30N2O3. The van der Waals surface area contributed by atoms with Gasteiger partial charge in [-0.15, -0.1) is 0 Å². The minimum Gasteiger partial charge on any atom is -0.378 e. The normalized spacial score (nSPS) is 13.1. The highest BCUT2D eigenvalue weighted by Crippen LogP contribution is 2.31. The van der Waals surface area contributed by atoms with Gasteiger partial charge in [-0.1, -0.05) is 18.2 Å². The molecule has 1 fully saturated rings. The van der Waals surface area contributed by atoms with Crippen molar-refractivity contribution in [2.45, 2.75) is 32.6 Å². The monoisotopic (exact) mass is 478 g/mol. The van der Waals surface area contributed by atoms with Crippen LogP contribution in [0.15, 0.2) is 72.8 Å². The quantitative estimate of drug-likeness (QED) is 0.283. The van der Waals surface area contributed by atoms with Gasteiger partial charge in [-0.3, -0.25) is 14.4 Å². The highest BCUT2D eigenvalue weighted by molar-refractivity contribution is 6.01. The van der Waals surface area contributed by atoms with Crippen LogP contribution >= 0.6 is 0 Å². The second-order valence-corrected chi connectivity index (χ2v) is 9.94. The summed E-state index contributed by atoms with van der Waals surface area (Å²) < 4.78 is 1.95. The van der Waals surface area contributed by atoms with Gasteiger partial charge in [0.15, 0.2) is 11.6 Å². The second kappa shape index (κ2) is 9.57. The Bertz CT molecular complexity index is 1460. The van der Waals surface area contributed by atoms with Gasteiger partial charge in [0.25, 0.3) is 0 Å². The highest BCUT2D eigenvalue weighted by atomic mass is 16.1. The van der Waals surface area contributed by atoms with Crippen molar-refractivity contribution in [3.05, 3.63) is 95.2 Å². The Morgan fingerprint density at radius 2 is 1.50 bits per heavy atom. The number of hydrogen-bond donors (Lipinski definition) is 0. The van der Waals surface area contributed by atoms with Crippen LogP contribution < -0.4 is 4.90 Å². The Hall–Kier alpha value is -3.99. The molecule has 4 aromatic rings. The summed E-state index contributed by atoms with van der Waals surface area (Å²) in [6.45, 7) is 1.56. The number of hydrogen-bond acceptors (Lipinski definition) is 4. The zero-order valence-electron chi connectivity index (χ0n) is 21.0. The average molecular weight is 479 g/mol. The molecule has 0 amide bonds. The van der Waals surface area contributed by atoms with Crippen molar-refractivity contribution in [2.75, 3.05) is 19.0 Å². The van der Waals surface area contributed by atoms with Crippen LogP contribution in [0, 0.1) is 5.92 Å². The van der Waals surface area contributed by atoms with E-state index in [-0.39, 0.29) is 17.5 Å². The third-order valence-electron chi connectivity index (χ3n) is 6.90. The molecule has 3 aromatic carbocycles. The third kappa shape index (κ3) is 4.87. The van der Waals surface area contributed by atoms with E-state index in [9.17, 15) is 14.4 Å². The molecule has 5 heteroatoms. The summed E-state index contributed by atoms with van der Waals surface area (Å²) >= 11 is 0. The fourth-order valence-electron chi connectivity index (χ4n) is 4.66. The number of carbonyl (C=O) groups is 3. The van der Waals surface area contributed by atoms with Gasteiger partial charge in [0.1, 0.15) is 5.78 Å². The van der Waals surface area contributed by atoms with Gasteiger partial charge in [-0.25, -0.2) is 0 Å².